The first-order valence-corrected chi connectivity index (χ1v) is 6.85. The van der Waals surface area contributed by atoms with E-state index < -0.39 is 23.2 Å². The first-order valence-electron chi connectivity index (χ1n) is 6.85. The molecule has 4 nitrogen and oxygen atoms in total. The summed E-state index contributed by atoms with van der Waals surface area (Å²) >= 11 is 0. The van der Waals surface area contributed by atoms with Gasteiger partial charge in [-0.05, 0) is 11.6 Å². The summed E-state index contributed by atoms with van der Waals surface area (Å²) in [4.78, 5) is 17.4. The molecule has 1 heterocycles. The number of rotatable bonds is 4. The summed E-state index contributed by atoms with van der Waals surface area (Å²) < 4.78 is 39.6. The van der Waals surface area contributed by atoms with Crippen molar-refractivity contribution in [3.8, 4) is 0 Å². The molecule has 0 aliphatic carbocycles. The second-order valence-electron chi connectivity index (χ2n) is 5.15. The number of amides is 1. The third-order valence-corrected chi connectivity index (χ3v) is 3.19. The van der Waals surface area contributed by atoms with E-state index in [1.165, 1.54) is 4.90 Å². The number of nitrogens with one attached hydrogen (secondary N) is 1. The van der Waals surface area contributed by atoms with E-state index in [1.54, 1.807) is 38.4 Å². The smallest absolute Gasteiger partial charge is 0.363 e. The van der Waals surface area contributed by atoms with E-state index in [4.69, 9.17) is 0 Å². The number of hydrogen-bond acceptors (Lipinski definition) is 3. The van der Waals surface area contributed by atoms with E-state index >= 15 is 0 Å². The van der Waals surface area contributed by atoms with Crippen LogP contribution < -0.4 is 10.2 Å². The molecule has 0 fully saturated rings. The quantitative estimate of drug-likeness (QED) is 0.940. The first-order chi connectivity index (χ1) is 10.8. The van der Waals surface area contributed by atoms with Crippen LogP contribution in [-0.4, -0.2) is 25.0 Å². The second kappa shape index (κ2) is 6.68. The van der Waals surface area contributed by atoms with Crippen LogP contribution >= 0.6 is 0 Å². The zero-order valence-electron chi connectivity index (χ0n) is 12.7. The van der Waals surface area contributed by atoms with Crippen molar-refractivity contribution in [1.82, 2.24) is 10.3 Å². The number of hydrogen-bond donors (Lipinski definition) is 1. The summed E-state index contributed by atoms with van der Waals surface area (Å²) in [5.41, 5.74) is -0.687. The standard InChI is InChI=1S/C16H16F3N3O/c1-22(2)14-8-13(16(17,18)19)12(10-20-14)15(23)21-9-11-6-4-3-5-7-11/h3-8,10H,9H2,1-2H3,(H,21,23). The predicted molar refractivity (Wildman–Crippen MR) is 81.2 cm³/mol. The average molecular weight is 323 g/mol. The van der Waals surface area contributed by atoms with Gasteiger partial charge in [-0.3, -0.25) is 4.79 Å². The zero-order chi connectivity index (χ0) is 17.0. The van der Waals surface area contributed by atoms with Crippen molar-refractivity contribution in [1.29, 1.82) is 0 Å². The highest BCUT2D eigenvalue weighted by atomic mass is 19.4. The molecule has 0 bridgehead atoms. The predicted octanol–water partition coefficient (Wildman–Crippen LogP) is 3.10. The number of nitrogens with zero attached hydrogens (tertiary/aromatic N) is 2. The number of pyridine rings is 1. The highest BCUT2D eigenvalue weighted by Crippen LogP contribution is 2.33. The van der Waals surface area contributed by atoms with Crippen molar-refractivity contribution in [2.45, 2.75) is 12.7 Å². The summed E-state index contributed by atoms with van der Waals surface area (Å²) in [6.07, 6.45) is -3.67. The van der Waals surface area contributed by atoms with E-state index in [0.717, 1.165) is 17.8 Å². The van der Waals surface area contributed by atoms with Crippen LogP contribution in [0.5, 0.6) is 0 Å². The molecule has 0 radical (unpaired) electrons. The molecular formula is C16H16F3N3O. The fourth-order valence-electron chi connectivity index (χ4n) is 1.98. The van der Waals surface area contributed by atoms with Crippen molar-refractivity contribution in [3.05, 3.63) is 59.3 Å². The molecule has 2 aromatic rings. The minimum absolute atomic E-state index is 0.136. The Labute approximate surface area is 132 Å². The molecule has 7 heteroatoms. The fraction of sp³-hybridized carbons (Fsp3) is 0.250. The maximum Gasteiger partial charge on any atom is 0.417 e. The van der Waals surface area contributed by atoms with Gasteiger partial charge < -0.3 is 10.2 Å². The summed E-state index contributed by atoms with van der Waals surface area (Å²) in [5.74, 6) is -0.670. The van der Waals surface area contributed by atoms with Gasteiger partial charge in [0, 0.05) is 26.8 Å². The first kappa shape index (κ1) is 16.8. The zero-order valence-corrected chi connectivity index (χ0v) is 12.7. The molecule has 1 N–H and O–H groups in total. The minimum atomic E-state index is -4.63. The largest absolute Gasteiger partial charge is 0.417 e. The Kier molecular flexibility index (Phi) is 4.88. The molecule has 0 unspecified atom stereocenters. The average Bonchev–Trinajstić information content (AvgIpc) is 2.52. The number of aromatic nitrogens is 1. The topological polar surface area (TPSA) is 45.2 Å². The number of benzene rings is 1. The number of carbonyl (C=O) groups is 1. The van der Waals surface area contributed by atoms with Crippen LogP contribution in [-0.2, 0) is 12.7 Å². The maximum atomic E-state index is 13.2. The van der Waals surface area contributed by atoms with Gasteiger partial charge in [-0.25, -0.2) is 4.98 Å². The second-order valence-corrected chi connectivity index (χ2v) is 5.15. The molecule has 0 saturated carbocycles. The Morgan fingerprint density at radius 3 is 2.43 bits per heavy atom. The lowest BCUT2D eigenvalue weighted by Gasteiger charge is -2.17. The lowest BCUT2D eigenvalue weighted by atomic mass is 10.1. The summed E-state index contributed by atoms with van der Waals surface area (Å²) in [6.45, 7) is 0.145. The number of alkyl halides is 3. The van der Waals surface area contributed by atoms with Gasteiger partial charge in [-0.1, -0.05) is 30.3 Å². The minimum Gasteiger partial charge on any atom is -0.363 e. The van der Waals surface area contributed by atoms with E-state index in [0.29, 0.717) is 0 Å². The Bertz CT molecular complexity index is 685. The molecule has 2 rings (SSSR count). The van der Waals surface area contributed by atoms with Crippen LogP contribution in [0.15, 0.2) is 42.6 Å². The molecule has 23 heavy (non-hydrogen) atoms. The van der Waals surface area contributed by atoms with Gasteiger partial charge in [0.1, 0.15) is 5.82 Å². The van der Waals surface area contributed by atoms with Crippen LogP contribution in [0.1, 0.15) is 21.5 Å². The fourth-order valence-corrected chi connectivity index (χ4v) is 1.98. The van der Waals surface area contributed by atoms with E-state index in [-0.39, 0.29) is 12.4 Å². The Balaban J connectivity index is 2.25. The summed E-state index contributed by atoms with van der Waals surface area (Å²) in [5, 5.41) is 2.48. The molecule has 0 saturated heterocycles. The van der Waals surface area contributed by atoms with E-state index in [2.05, 4.69) is 10.3 Å². The van der Waals surface area contributed by atoms with Crippen LogP contribution in [0.3, 0.4) is 0 Å². The lowest BCUT2D eigenvalue weighted by Crippen LogP contribution is -2.26. The SMILES string of the molecule is CN(C)c1cc(C(F)(F)F)c(C(=O)NCc2ccccc2)cn1. The van der Waals surface area contributed by atoms with Crippen molar-refractivity contribution < 1.29 is 18.0 Å². The van der Waals surface area contributed by atoms with Gasteiger partial charge >= 0.3 is 6.18 Å². The van der Waals surface area contributed by atoms with Gasteiger partial charge in [0.05, 0.1) is 11.1 Å². The third kappa shape index (κ3) is 4.21. The molecule has 0 aliphatic rings. The van der Waals surface area contributed by atoms with Crippen molar-refractivity contribution in [2.24, 2.45) is 0 Å². The Morgan fingerprint density at radius 2 is 1.87 bits per heavy atom. The van der Waals surface area contributed by atoms with Gasteiger partial charge in [0.2, 0.25) is 0 Å². The summed E-state index contributed by atoms with van der Waals surface area (Å²) in [7, 11) is 3.16. The maximum absolute atomic E-state index is 13.2. The molecule has 0 aliphatic heterocycles. The third-order valence-electron chi connectivity index (χ3n) is 3.19. The van der Waals surface area contributed by atoms with E-state index in [1.807, 2.05) is 6.07 Å². The van der Waals surface area contributed by atoms with E-state index in [9.17, 15) is 18.0 Å². The van der Waals surface area contributed by atoms with Gasteiger partial charge in [-0.15, -0.1) is 0 Å². The van der Waals surface area contributed by atoms with Gasteiger partial charge in [-0.2, -0.15) is 13.2 Å². The van der Waals surface area contributed by atoms with Gasteiger partial charge in [0.15, 0.2) is 0 Å². The van der Waals surface area contributed by atoms with Crippen molar-refractivity contribution in [3.63, 3.8) is 0 Å². The molecule has 1 aromatic heterocycles. The van der Waals surface area contributed by atoms with Crippen molar-refractivity contribution in [2.75, 3.05) is 19.0 Å². The Morgan fingerprint density at radius 1 is 1.22 bits per heavy atom. The number of halogens is 3. The molecule has 1 aromatic carbocycles. The molecular weight excluding hydrogens is 307 g/mol. The highest BCUT2D eigenvalue weighted by molar-refractivity contribution is 5.95. The van der Waals surface area contributed by atoms with Gasteiger partial charge in [0.25, 0.3) is 5.91 Å². The monoisotopic (exact) mass is 323 g/mol. The normalized spacial score (nSPS) is 11.2. The summed E-state index contributed by atoms with van der Waals surface area (Å²) in [6, 6.07) is 9.82. The Hall–Kier alpha value is -2.57. The van der Waals surface area contributed by atoms with Crippen molar-refractivity contribution >= 4 is 11.7 Å². The molecule has 1 amide bonds. The van der Waals surface area contributed by atoms with Crippen LogP contribution in [0.25, 0.3) is 0 Å². The van der Waals surface area contributed by atoms with Crippen LogP contribution in [0.2, 0.25) is 0 Å². The molecule has 122 valence electrons. The lowest BCUT2D eigenvalue weighted by molar-refractivity contribution is -0.138. The molecule has 0 atom stereocenters. The number of anilines is 1. The highest BCUT2D eigenvalue weighted by Gasteiger charge is 2.36. The van der Waals surface area contributed by atoms with Crippen LogP contribution in [0, 0.1) is 0 Å². The number of carbonyl (C=O) groups excluding carboxylic acids is 1. The molecule has 0 spiro atoms. The van der Waals surface area contributed by atoms with Crippen LogP contribution in [0.4, 0.5) is 19.0 Å².